The molecule has 11 heavy (non-hydrogen) atoms. The van der Waals surface area contributed by atoms with E-state index in [0.29, 0.717) is 0 Å². The van der Waals surface area contributed by atoms with E-state index in [1.165, 1.54) is 0 Å². The van der Waals surface area contributed by atoms with Crippen LogP contribution in [0.2, 0.25) is 0 Å². The first-order valence-electron chi connectivity index (χ1n) is 4.06. The summed E-state index contributed by atoms with van der Waals surface area (Å²) in [5.41, 5.74) is -0.268. The van der Waals surface area contributed by atoms with E-state index in [-0.39, 0.29) is 31.7 Å². The fourth-order valence-corrected chi connectivity index (χ4v) is 1.29. The molecule has 0 saturated carbocycles. The Morgan fingerprint density at radius 1 is 1.73 bits per heavy atom. The standard InChI is InChI=1S/C7H4BrIO2/c8-6-2-1-4(9)3-5(6)7(10)11/h1-3H,(H,10,11)/i1D,2D,3D. The second kappa shape index (κ2) is 3.53. The summed E-state index contributed by atoms with van der Waals surface area (Å²) in [5, 5.41) is 8.79. The number of carboxylic acids is 1. The van der Waals surface area contributed by atoms with E-state index < -0.39 is 5.97 Å². The molecule has 58 valence electrons. The van der Waals surface area contributed by atoms with Crippen molar-refractivity contribution >= 4 is 44.5 Å². The SMILES string of the molecule is [2H]c1c([2H])c(I)c([2H])c(C(=O)O)c1Br. The smallest absolute Gasteiger partial charge is 0.336 e. The van der Waals surface area contributed by atoms with Crippen molar-refractivity contribution in [3.8, 4) is 0 Å². The van der Waals surface area contributed by atoms with Gasteiger partial charge in [0.05, 0.1) is 9.68 Å². The van der Waals surface area contributed by atoms with Crippen molar-refractivity contribution in [1.29, 1.82) is 0 Å². The maximum atomic E-state index is 10.8. The number of hydrogen-bond donors (Lipinski definition) is 1. The van der Waals surface area contributed by atoms with Crippen LogP contribution in [-0.2, 0) is 0 Å². The average Bonchev–Trinajstić information content (AvgIpc) is 2.11. The summed E-state index contributed by atoms with van der Waals surface area (Å²) >= 11 is 4.60. The van der Waals surface area contributed by atoms with Crippen LogP contribution in [0.1, 0.15) is 14.5 Å². The number of hydrogen-bond acceptors (Lipinski definition) is 1. The molecular formula is C7H4BrIO2. The van der Waals surface area contributed by atoms with E-state index in [0.717, 1.165) is 0 Å². The van der Waals surface area contributed by atoms with Crippen LogP contribution in [0.3, 0.4) is 0 Å². The van der Waals surface area contributed by atoms with Crippen molar-refractivity contribution < 1.29 is 14.0 Å². The van der Waals surface area contributed by atoms with E-state index in [1.54, 1.807) is 22.6 Å². The third kappa shape index (κ3) is 2.16. The highest BCUT2D eigenvalue weighted by molar-refractivity contribution is 14.1. The summed E-state index contributed by atoms with van der Waals surface area (Å²) in [6, 6.07) is -0.568. The zero-order valence-corrected chi connectivity index (χ0v) is 8.85. The van der Waals surface area contributed by atoms with Crippen LogP contribution in [0.25, 0.3) is 0 Å². The molecule has 0 bridgehead atoms. The molecule has 0 aliphatic rings. The normalized spacial score (nSPS) is 13.5. The van der Waals surface area contributed by atoms with Crippen molar-refractivity contribution in [2.45, 2.75) is 0 Å². The second-order valence-corrected chi connectivity index (χ2v) is 3.55. The first-order chi connectivity index (χ1) is 6.37. The van der Waals surface area contributed by atoms with Gasteiger partial charge in [0.1, 0.15) is 0 Å². The number of benzene rings is 1. The summed E-state index contributed by atoms with van der Waals surface area (Å²) in [7, 11) is 0. The number of aromatic carboxylic acids is 1. The molecule has 4 heteroatoms. The van der Waals surface area contributed by atoms with Crippen LogP contribution < -0.4 is 0 Å². The largest absolute Gasteiger partial charge is 0.478 e. The van der Waals surface area contributed by atoms with Gasteiger partial charge < -0.3 is 5.11 Å². The number of halogens is 2. The predicted octanol–water partition coefficient (Wildman–Crippen LogP) is 2.75. The maximum absolute atomic E-state index is 10.8. The van der Waals surface area contributed by atoms with Gasteiger partial charge >= 0.3 is 5.97 Å². The summed E-state index contributed by atoms with van der Waals surface area (Å²) in [6.45, 7) is 0. The van der Waals surface area contributed by atoms with E-state index in [1.807, 2.05) is 0 Å². The Balaban J connectivity index is 3.68. The second-order valence-electron chi connectivity index (χ2n) is 1.68. The Morgan fingerprint density at radius 2 is 2.36 bits per heavy atom. The highest BCUT2D eigenvalue weighted by atomic mass is 127. The van der Waals surface area contributed by atoms with Gasteiger partial charge in [-0.25, -0.2) is 4.79 Å². The van der Waals surface area contributed by atoms with Crippen LogP contribution >= 0.6 is 38.5 Å². The van der Waals surface area contributed by atoms with Crippen molar-refractivity contribution in [2.75, 3.05) is 0 Å². The first-order valence-corrected chi connectivity index (χ1v) is 4.43. The molecule has 0 atom stereocenters. The lowest BCUT2D eigenvalue weighted by atomic mass is 10.2. The predicted molar refractivity (Wildman–Crippen MR) is 53.8 cm³/mol. The molecule has 0 aliphatic heterocycles. The van der Waals surface area contributed by atoms with Crippen LogP contribution in [0.4, 0.5) is 0 Å². The molecule has 0 saturated heterocycles. The summed E-state index contributed by atoms with van der Waals surface area (Å²) in [6.07, 6.45) is 0. The molecule has 0 fully saturated rings. The Hall–Kier alpha value is -0.100. The molecule has 1 rings (SSSR count). The number of carboxylic acid groups (broad SMARTS) is 1. The average molecular weight is 330 g/mol. The van der Waals surface area contributed by atoms with E-state index in [4.69, 9.17) is 9.22 Å². The van der Waals surface area contributed by atoms with Gasteiger partial charge in [-0.1, -0.05) is 0 Å². The van der Waals surface area contributed by atoms with Gasteiger partial charge in [-0.05, 0) is 56.6 Å². The minimum absolute atomic E-state index is 0.0135. The third-order valence-corrected chi connectivity index (χ3v) is 2.08. The Kier molecular flexibility index (Phi) is 1.78. The van der Waals surface area contributed by atoms with Crippen molar-refractivity contribution in [2.24, 2.45) is 0 Å². The topological polar surface area (TPSA) is 37.3 Å². The van der Waals surface area contributed by atoms with Gasteiger partial charge in [-0.2, -0.15) is 0 Å². The van der Waals surface area contributed by atoms with Gasteiger partial charge in [-0.15, -0.1) is 0 Å². The van der Waals surface area contributed by atoms with Crippen LogP contribution in [0.5, 0.6) is 0 Å². The zero-order valence-electron chi connectivity index (χ0n) is 8.11. The molecule has 0 amide bonds. The summed E-state index contributed by atoms with van der Waals surface area (Å²) in [5.74, 6) is -1.27. The van der Waals surface area contributed by atoms with E-state index in [9.17, 15) is 4.79 Å². The highest BCUT2D eigenvalue weighted by Gasteiger charge is 2.07. The molecule has 0 radical (unpaired) electrons. The fraction of sp³-hybridized carbons (Fsp3) is 0. The Labute approximate surface area is 90.1 Å². The Morgan fingerprint density at radius 3 is 2.91 bits per heavy atom. The lowest BCUT2D eigenvalue weighted by Crippen LogP contribution is -1.97. The monoisotopic (exact) mass is 329 g/mol. The van der Waals surface area contributed by atoms with Crippen molar-refractivity contribution in [3.63, 3.8) is 0 Å². The molecule has 0 unspecified atom stereocenters. The molecule has 0 aliphatic carbocycles. The highest BCUT2D eigenvalue weighted by Crippen LogP contribution is 2.18. The molecule has 0 spiro atoms. The third-order valence-electron chi connectivity index (χ3n) is 0.950. The van der Waals surface area contributed by atoms with Gasteiger partial charge in [0.2, 0.25) is 0 Å². The van der Waals surface area contributed by atoms with E-state index >= 15 is 0 Å². The quantitative estimate of drug-likeness (QED) is 0.804. The van der Waals surface area contributed by atoms with Crippen LogP contribution in [0.15, 0.2) is 22.6 Å². The van der Waals surface area contributed by atoms with Gasteiger partial charge in [0.15, 0.2) is 0 Å². The van der Waals surface area contributed by atoms with Gasteiger partial charge in [-0.3, -0.25) is 0 Å². The maximum Gasteiger partial charge on any atom is 0.336 e. The van der Waals surface area contributed by atoms with E-state index in [2.05, 4.69) is 15.9 Å². The minimum atomic E-state index is -1.27. The molecular weight excluding hydrogens is 323 g/mol. The molecule has 1 aromatic carbocycles. The Bertz CT molecular complexity index is 393. The van der Waals surface area contributed by atoms with Gasteiger partial charge in [0, 0.05) is 8.04 Å². The van der Waals surface area contributed by atoms with Crippen molar-refractivity contribution in [3.05, 3.63) is 31.7 Å². The summed E-state index contributed by atoms with van der Waals surface area (Å²) in [4.78, 5) is 10.8. The fourth-order valence-electron chi connectivity index (χ4n) is 0.515. The number of rotatable bonds is 1. The molecule has 2 nitrogen and oxygen atoms in total. The lowest BCUT2D eigenvalue weighted by molar-refractivity contribution is 0.0696. The minimum Gasteiger partial charge on any atom is -0.478 e. The molecule has 0 heterocycles. The van der Waals surface area contributed by atoms with Crippen molar-refractivity contribution in [1.82, 2.24) is 0 Å². The van der Waals surface area contributed by atoms with Crippen LogP contribution in [-0.4, -0.2) is 11.1 Å². The van der Waals surface area contributed by atoms with Gasteiger partial charge in [0.25, 0.3) is 0 Å². The molecule has 0 aromatic heterocycles. The lowest BCUT2D eigenvalue weighted by Gasteiger charge is -1.97. The zero-order chi connectivity index (χ0) is 11.0. The molecule has 1 N–H and O–H groups in total. The summed E-state index contributed by atoms with van der Waals surface area (Å²) < 4.78 is 22.5. The number of carbonyl (C=O) groups is 1. The molecule has 1 aromatic rings. The van der Waals surface area contributed by atoms with Crippen LogP contribution in [0, 0.1) is 3.57 Å². The first kappa shape index (κ1) is 5.53.